The first-order chi connectivity index (χ1) is 23.7. The van der Waals surface area contributed by atoms with E-state index in [2.05, 4.69) is 125 Å². The predicted molar refractivity (Wildman–Crippen MR) is 200 cm³/mol. The maximum Gasteiger partial charge on any atom is 0.161 e. The van der Waals surface area contributed by atoms with E-state index in [9.17, 15) is 5.26 Å². The quantitative estimate of drug-likeness (QED) is 0.196. The average molecular weight is 629 g/mol. The van der Waals surface area contributed by atoms with Gasteiger partial charge in [0.1, 0.15) is 6.07 Å². The van der Waals surface area contributed by atoms with Gasteiger partial charge in [-0.2, -0.15) is 5.26 Å². The van der Waals surface area contributed by atoms with Gasteiger partial charge in [0.25, 0.3) is 0 Å². The Bertz CT molecular complexity index is 2960. The summed E-state index contributed by atoms with van der Waals surface area (Å²) in [6, 6.07) is 53.7. The number of nitriles is 1. The van der Waals surface area contributed by atoms with Crippen LogP contribution in [-0.2, 0) is 0 Å². The van der Waals surface area contributed by atoms with Crippen molar-refractivity contribution in [3.05, 3.63) is 151 Å². The van der Waals surface area contributed by atoms with Gasteiger partial charge in [-0.25, -0.2) is 9.97 Å². The van der Waals surface area contributed by atoms with Crippen molar-refractivity contribution < 1.29 is 0 Å². The molecule has 3 heterocycles. The van der Waals surface area contributed by atoms with Crippen LogP contribution in [0, 0.1) is 11.3 Å². The lowest BCUT2D eigenvalue weighted by molar-refractivity contribution is 1.17. The van der Waals surface area contributed by atoms with Crippen LogP contribution in [0.5, 0.6) is 0 Å². The van der Waals surface area contributed by atoms with Crippen LogP contribution in [0.15, 0.2) is 146 Å². The molecule has 0 aliphatic heterocycles. The molecule has 0 spiro atoms. The van der Waals surface area contributed by atoms with E-state index >= 15 is 0 Å². The Morgan fingerprint density at radius 1 is 0.521 bits per heavy atom. The van der Waals surface area contributed by atoms with Crippen LogP contribution < -0.4 is 0 Å². The second-order valence-electron chi connectivity index (χ2n) is 12.1. The van der Waals surface area contributed by atoms with Crippen molar-refractivity contribution in [2.45, 2.75) is 0 Å². The summed E-state index contributed by atoms with van der Waals surface area (Å²) in [6.45, 7) is 0. The first-order valence-corrected chi connectivity index (χ1v) is 16.7. The van der Waals surface area contributed by atoms with Crippen LogP contribution in [0.25, 0.3) is 91.9 Å². The predicted octanol–water partition coefficient (Wildman–Crippen LogP) is 11.5. The fourth-order valence-electron chi connectivity index (χ4n) is 7.20. The molecule has 3 aromatic heterocycles. The zero-order chi connectivity index (χ0) is 31.8. The van der Waals surface area contributed by atoms with Crippen molar-refractivity contribution in [1.82, 2.24) is 14.5 Å². The normalized spacial score (nSPS) is 11.7. The van der Waals surface area contributed by atoms with E-state index in [0.29, 0.717) is 11.5 Å². The first-order valence-electron chi connectivity index (χ1n) is 15.9. The fraction of sp³-hybridized carbons (Fsp3) is 0. The number of fused-ring (bicyclic) bond motifs is 9. The third-order valence-corrected chi connectivity index (χ3v) is 10.6. The van der Waals surface area contributed by atoms with E-state index in [1.807, 2.05) is 47.7 Å². The lowest BCUT2D eigenvalue weighted by Gasteiger charge is -2.10. The van der Waals surface area contributed by atoms with Gasteiger partial charge in [-0.1, -0.05) is 72.8 Å². The molecule has 48 heavy (non-hydrogen) atoms. The van der Waals surface area contributed by atoms with E-state index in [1.54, 1.807) is 0 Å². The number of benzene rings is 7. The smallest absolute Gasteiger partial charge is 0.161 e. The zero-order valence-corrected chi connectivity index (χ0v) is 26.4. The number of thiophene rings is 1. The molecule has 0 unspecified atom stereocenters. The van der Waals surface area contributed by atoms with E-state index in [4.69, 9.17) is 4.98 Å². The lowest BCUT2D eigenvalue weighted by atomic mass is 9.99. The second-order valence-corrected chi connectivity index (χ2v) is 13.2. The van der Waals surface area contributed by atoms with Gasteiger partial charge in [-0.3, -0.25) is 0 Å². The Hall–Kier alpha value is -6.35. The van der Waals surface area contributed by atoms with Crippen molar-refractivity contribution in [3.8, 4) is 34.3 Å². The van der Waals surface area contributed by atoms with Crippen molar-refractivity contribution in [1.29, 1.82) is 5.26 Å². The van der Waals surface area contributed by atoms with Crippen LogP contribution in [-0.4, -0.2) is 14.5 Å². The molecule has 0 amide bonds. The monoisotopic (exact) mass is 628 g/mol. The third-order valence-electron chi connectivity index (χ3n) is 9.46. The number of para-hydroxylation sites is 1. The van der Waals surface area contributed by atoms with Gasteiger partial charge >= 0.3 is 0 Å². The first kappa shape index (κ1) is 26.8. The maximum absolute atomic E-state index is 9.78. The average Bonchev–Trinajstić information content (AvgIpc) is 3.69. The van der Waals surface area contributed by atoms with Gasteiger partial charge in [0.15, 0.2) is 11.5 Å². The van der Waals surface area contributed by atoms with Crippen molar-refractivity contribution >= 4 is 75.0 Å². The minimum atomic E-state index is 0.385. The Balaban J connectivity index is 1.16. The Morgan fingerprint density at radius 3 is 2.04 bits per heavy atom. The van der Waals surface area contributed by atoms with Crippen LogP contribution in [0.4, 0.5) is 0 Å². The Kier molecular flexibility index (Phi) is 5.77. The molecule has 0 bridgehead atoms. The summed E-state index contributed by atoms with van der Waals surface area (Å²) in [5.41, 5.74) is 7.78. The summed E-state index contributed by atoms with van der Waals surface area (Å²) in [5.74, 6) is 0.546. The highest BCUT2D eigenvalue weighted by Crippen LogP contribution is 2.41. The molecular weight excluding hydrogens is 605 g/mol. The second kappa shape index (κ2) is 10.3. The van der Waals surface area contributed by atoms with Gasteiger partial charge in [-0.05, 0) is 94.7 Å². The fourth-order valence-corrected chi connectivity index (χ4v) is 8.29. The highest BCUT2D eigenvalue weighted by atomic mass is 32.1. The Morgan fingerprint density at radius 2 is 1.19 bits per heavy atom. The van der Waals surface area contributed by atoms with Crippen LogP contribution in [0.2, 0.25) is 0 Å². The minimum Gasteiger partial charge on any atom is -0.309 e. The van der Waals surface area contributed by atoms with Gasteiger partial charge in [0.2, 0.25) is 0 Å². The molecule has 4 nitrogen and oxygen atoms in total. The summed E-state index contributed by atoms with van der Waals surface area (Å²) in [6.07, 6.45) is 0. The molecule has 10 rings (SSSR count). The van der Waals surface area contributed by atoms with Crippen molar-refractivity contribution in [2.24, 2.45) is 0 Å². The standard InChI is InChI=1S/C43H24N4S/c44-25-37-33-10-3-5-11-36(33)45-43(46-37)27-13-18-30(19-14-27)47-38-20-16-28(24-35(38)42-31-8-2-1-7-26(31)15-21-39(42)47)29-17-22-41-34(23-29)32-9-4-6-12-40(32)48-41/h1-24H. The number of nitrogens with zero attached hydrogens (tertiary/aromatic N) is 4. The molecule has 0 fully saturated rings. The summed E-state index contributed by atoms with van der Waals surface area (Å²) in [4.78, 5) is 9.39. The highest BCUT2D eigenvalue weighted by Gasteiger charge is 2.17. The third kappa shape index (κ3) is 4.00. The molecule has 5 heteroatoms. The van der Waals surface area contributed by atoms with Crippen LogP contribution in [0.3, 0.4) is 0 Å². The maximum atomic E-state index is 9.78. The van der Waals surface area contributed by atoms with Gasteiger partial charge in [0, 0.05) is 47.6 Å². The molecule has 0 radical (unpaired) electrons. The molecule has 0 aliphatic rings. The highest BCUT2D eigenvalue weighted by molar-refractivity contribution is 7.25. The molecule has 0 saturated carbocycles. The molecule has 0 atom stereocenters. The zero-order valence-electron chi connectivity index (χ0n) is 25.6. The summed E-state index contributed by atoms with van der Waals surface area (Å²) in [5, 5.41) is 18.1. The molecule has 10 aromatic rings. The number of aromatic nitrogens is 3. The van der Waals surface area contributed by atoms with E-state index in [1.165, 1.54) is 52.8 Å². The number of hydrogen-bond donors (Lipinski definition) is 0. The van der Waals surface area contributed by atoms with Gasteiger partial charge in [-0.15, -0.1) is 11.3 Å². The summed E-state index contributed by atoms with van der Waals surface area (Å²) < 4.78 is 4.98. The SMILES string of the molecule is N#Cc1nc(-c2ccc(-n3c4ccc(-c5ccc6sc7ccccc7c6c5)cc4c4c5ccccc5ccc43)cc2)nc2ccccc12. The minimum absolute atomic E-state index is 0.385. The van der Waals surface area contributed by atoms with Gasteiger partial charge < -0.3 is 4.57 Å². The van der Waals surface area contributed by atoms with Crippen LogP contribution >= 0.6 is 11.3 Å². The molecule has 0 saturated heterocycles. The molecule has 0 aliphatic carbocycles. The largest absolute Gasteiger partial charge is 0.309 e. The molecule has 222 valence electrons. The Labute approximate surface area is 279 Å². The van der Waals surface area contributed by atoms with Gasteiger partial charge in [0.05, 0.1) is 16.6 Å². The molecular formula is C43H24N4S. The topological polar surface area (TPSA) is 54.5 Å². The van der Waals surface area contributed by atoms with Crippen molar-refractivity contribution in [2.75, 3.05) is 0 Å². The van der Waals surface area contributed by atoms with Crippen molar-refractivity contribution in [3.63, 3.8) is 0 Å². The van der Waals surface area contributed by atoms with E-state index in [-0.39, 0.29) is 0 Å². The molecule has 0 N–H and O–H groups in total. The number of rotatable bonds is 3. The lowest BCUT2D eigenvalue weighted by Crippen LogP contribution is -1.97. The number of hydrogen-bond acceptors (Lipinski definition) is 4. The van der Waals surface area contributed by atoms with Crippen LogP contribution in [0.1, 0.15) is 5.69 Å². The van der Waals surface area contributed by atoms with E-state index < -0.39 is 0 Å². The van der Waals surface area contributed by atoms with E-state index in [0.717, 1.165) is 33.2 Å². The summed E-state index contributed by atoms with van der Waals surface area (Å²) in [7, 11) is 0. The molecule has 7 aromatic carbocycles. The summed E-state index contributed by atoms with van der Waals surface area (Å²) >= 11 is 1.85.